The minimum Gasteiger partial charge on any atom is -0.296 e. The summed E-state index contributed by atoms with van der Waals surface area (Å²) in [5.41, 5.74) is 5.72. The Kier molecular flexibility index (Phi) is 4.60. The van der Waals surface area contributed by atoms with E-state index >= 15 is 0 Å². The first kappa shape index (κ1) is 20.2. The van der Waals surface area contributed by atoms with E-state index in [0.717, 1.165) is 33.5 Å². The summed E-state index contributed by atoms with van der Waals surface area (Å²) in [5, 5.41) is 0. The molecule has 0 amide bonds. The molecule has 6 aromatic heterocycles. The van der Waals surface area contributed by atoms with Crippen LogP contribution >= 0.6 is 0 Å². The Morgan fingerprint density at radius 1 is 0.444 bits per heavy atom. The van der Waals surface area contributed by atoms with Gasteiger partial charge in [0.1, 0.15) is 0 Å². The fraction of sp³-hybridized carbons (Fsp3) is 0. The van der Waals surface area contributed by atoms with Gasteiger partial charge in [-0.25, -0.2) is 29.9 Å². The molecular formula is C28H18N8. The molecule has 36 heavy (non-hydrogen) atoms. The zero-order chi connectivity index (χ0) is 23.9. The molecule has 0 unspecified atom stereocenters. The number of aromatic nitrogens is 8. The van der Waals surface area contributed by atoms with E-state index in [1.54, 1.807) is 36.9 Å². The van der Waals surface area contributed by atoms with Crippen molar-refractivity contribution in [1.29, 1.82) is 0 Å². The number of pyridine rings is 2. The molecule has 0 radical (unpaired) electrons. The molecule has 0 aliphatic rings. The predicted octanol–water partition coefficient (Wildman–Crippen LogP) is 5.23. The molecule has 6 heterocycles. The van der Waals surface area contributed by atoms with Crippen LogP contribution in [0.4, 0.5) is 0 Å². The second-order valence-corrected chi connectivity index (χ2v) is 8.20. The summed E-state index contributed by atoms with van der Waals surface area (Å²) in [6, 6.07) is 24.0. The van der Waals surface area contributed by atoms with Gasteiger partial charge >= 0.3 is 0 Å². The number of nitrogens with zero attached hydrogens (tertiary/aromatic N) is 8. The van der Waals surface area contributed by atoms with Gasteiger partial charge in [-0.3, -0.25) is 8.80 Å². The van der Waals surface area contributed by atoms with Crippen LogP contribution in [0.2, 0.25) is 0 Å². The van der Waals surface area contributed by atoms with E-state index in [4.69, 9.17) is 9.97 Å². The lowest BCUT2D eigenvalue weighted by Gasteiger charge is -2.02. The van der Waals surface area contributed by atoms with Crippen LogP contribution in [0.1, 0.15) is 0 Å². The molecule has 0 aliphatic heterocycles. The molecule has 0 bridgehead atoms. The molecule has 8 nitrogen and oxygen atoms in total. The van der Waals surface area contributed by atoms with Crippen molar-refractivity contribution >= 4 is 11.0 Å². The van der Waals surface area contributed by atoms with Crippen LogP contribution in [0.3, 0.4) is 0 Å². The number of hydrogen-bond acceptors (Lipinski definition) is 6. The fourth-order valence-corrected chi connectivity index (χ4v) is 4.43. The number of rotatable bonds is 4. The van der Waals surface area contributed by atoms with Crippen molar-refractivity contribution in [1.82, 2.24) is 38.7 Å². The van der Waals surface area contributed by atoms with Crippen molar-refractivity contribution in [2.75, 3.05) is 0 Å². The van der Waals surface area contributed by atoms with Gasteiger partial charge in [-0.05, 0) is 36.4 Å². The van der Waals surface area contributed by atoms with E-state index in [0.29, 0.717) is 23.3 Å². The van der Waals surface area contributed by atoms with Crippen LogP contribution in [0.15, 0.2) is 110 Å². The summed E-state index contributed by atoms with van der Waals surface area (Å²) >= 11 is 0. The number of benzene rings is 1. The Hall–Kier alpha value is -5.24. The standard InChI is InChI=1S/C28H18N8/c1-3-17-35-21(7-1)23(33-27(35)25-29-13-5-14-30-25)19-9-11-20(12-10-19)24-22-8-2-4-18-36(22)28(34-24)26-31-15-6-16-32-26/h1-18H. The van der Waals surface area contributed by atoms with Crippen molar-refractivity contribution in [3.8, 4) is 45.8 Å². The van der Waals surface area contributed by atoms with Gasteiger partial charge in [0.2, 0.25) is 0 Å². The summed E-state index contributed by atoms with van der Waals surface area (Å²) in [6.07, 6.45) is 10.9. The van der Waals surface area contributed by atoms with Crippen LogP contribution < -0.4 is 0 Å². The van der Waals surface area contributed by atoms with Gasteiger partial charge in [0.05, 0.1) is 22.4 Å². The summed E-state index contributed by atoms with van der Waals surface area (Å²) < 4.78 is 4.04. The molecule has 0 N–H and O–H groups in total. The Labute approximate surface area is 205 Å². The lowest BCUT2D eigenvalue weighted by atomic mass is 10.1. The fourth-order valence-electron chi connectivity index (χ4n) is 4.43. The van der Waals surface area contributed by atoms with Gasteiger partial charge in [0.25, 0.3) is 0 Å². The van der Waals surface area contributed by atoms with Gasteiger partial charge < -0.3 is 0 Å². The van der Waals surface area contributed by atoms with Crippen molar-refractivity contribution in [2.45, 2.75) is 0 Å². The number of imidazole rings is 2. The molecule has 170 valence electrons. The Bertz CT molecular complexity index is 1680. The van der Waals surface area contributed by atoms with Crippen molar-refractivity contribution in [2.24, 2.45) is 0 Å². The predicted molar refractivity (Wildman–Crippen MR) is 137 cm³/mol. The zero-order valence-corrected chi connectivity index (χ0v) is 19.0. The molecular weight excluding hydrogens is 448 g/mol. The van der Waals surface area contributed by atoms with Gasteiger partial charge in [-0.2, -0.15) is 0 Å². The maximum Gasteiger partial charge on any atom is 0.196 e. The van der Waals surface area contributed by atoms with E-state index in [1.165, 1.54) is 0 Å². The van der Waals surface area contributed by atoms with Crippen molar-refractivity contribution in [3.63, 3.8) is 0 Å². The van der Waals surface area contributed by atoms with Crippen molar-refractivity contribution < 1.29 is 0 Å². The topological polar surface area (TPSA) is 86.2 Å². The molecule has 1 aromatic carbocycles. The largest absolute Gasteiger partial charge is 0.296 e. The minimum absolute atomic E-state index is 0.585. The molecule has 0 saturated carbocycles. The average Bonchev–Trinajstić information content (AvgIpc) is 3.54. The Balaban J connectivity index is 1.34. The maximum atomic E-state index is 4.93. The molecule has 0 spiro atoms. The van der Waals surface area contributed by atoms with Gasteiger partial charge in [-0.1, -0.05) is 36.4 Å². The normalized spacial score (nSPS) is 11.3. The molecule has 0 aliphatic carbocycles. The highest BCUT2D eigenvalue weighted by molar-refractivity contribution is 5.84. The second-order valence-electron chi connectivity index (χ2n) is 8.20. The van der Waals surface area contributed by atoms with Gasteiger partial charge in [0.15, 0.2) is 23.3 Å². The van der Waals surface area contributed by atoms with Crippen LogP contribution in [0.25, 0.3) is 56.8 Å². The van der Waals surface area contributed by atoms with E-state index in [2.05, 4.69) is 56.3 Å². The van der Waals surface area contributed by atoms with E-state index in [9.17, 15) is 0 Å². The monoisotopic (exact) mass is 466 g/mol. The van der Waals surface area contributed by atoms with Crippen LogP contribution in [0, 0.1) is 0 Å². The molecule has 7 rings (SSSR count). The SMILES string of the molecule is c1cnc(-c2nc(-c3ccc(-c4nc(-c5ncccn5)n5ccccc45)cc3)c3ccccn23)nc1. The van der Waals surface area contributed by atoms with E-state index in [-0.39, 0.29) is 0 Å². The highest BCUT2D eigenvalue weighted by atomic mass is 15.1. The van der Waals surface area contributed by atoms with Crippen LogP contribution in [-0.2, 0) is 0 Å². The van der Waals surface area contributed by atoms with Gasteiger partial charge in [0, 0.05) is 48.3 Å². The van der Waals surface area contributed by atoms with E-state index in [1.807, 2.05) is 45.5 Å². The quantitative estimate of drug-likeness (QED) is 0.353. The number of hydrogen-bond donors (Lipinski definition) is 0. The molecule has 0 saturated heterocycles. The third kappa shape index (κ3) is 3.24. The first-order valence-electron chi connectivity index (χ1n) is 11.5. The third-order valence-electron chi connectivity index (χ3n) is 6.06. The number of fused-ring (bicyclic) bond motifs is 2. The highest BCUT2D eigenvalue weighted by Crippen LogP contribution is 2.32. The van der Waals surface area contributed by atoms with Crippen LogP contribution in [-0.4, -0.2) is 38.7 Å². The minimum atomic E-state index is 0.585. The Morgan fingerprint density at radius 2 is 0.861 bits per heavy atom. The second kappa shape index (κ2) is 8.21. The molecule has 7 aromatic rings. The summed E-state index contributed by atoms with van der Waals surface area (Å²) in [4.78, 5) is 27.5. The summed E-state index contributed by atoms with van der Waals surface area (Å²) in [7, 11) is 0. The average molecular weight is 467 g/mol. The summed E-state index contributed by atoms with van der Waals surface area (Å²) in [5.74, 6) is 2.58. The first-order chi connectivity index (χ1) is 17.9. The maximum absolute atomic E-state index is 4.93. The first-order valence-corrected chi connectivity index (χ1v) is 11.5. The lowest BCUT2D eigenvalue weighted by molar-refractivity contribution is 1.07. The van der Waals surface area contributed by atoms with E-state index < -0.39 is 0 Å². The molecule has 8 heteroatoms. The Morgan fingerprint density at radius 3 is 1.28 bits per heavy atom. The third-order valence-corrected chi connectivity index (χ3v) is 6.06. The highest BCUT2D eigenvalue weighted by Gasteiger charge is 2.18. The molecule has 0 fully saturated rings. The van der Waals surface area contributed by atoms with Gasteiger partial charge in [-0.15, -0.1) is 0 Å². The summed E-state index contributed by atoms with van der Waals surface area (Å²) in [6.45, 7) is 0. The smallest absolute Gasteiger partial charge is 0.196 e. The van der Waals surface area contributed by atoms with Crippen LogP contribution in [0.5, 0.6) is 0 Å². The lowest BCUT2D eigenvalue weighted by Crippen LogP contribution is -1.93. The zero-order valence-electron chi connectivity index (χ0n) is 19.0. The van der Waals surface area contributed by atoms with Crippen molar-refractivity contribution in [3.05, 3.63) is 110 Å². The molecule has 0 atom stereocenters.